The van der Waals surface area contributed by atoms with Gasteiger partial charge in [-0.3, -0.25) is 9.52 Å². The maximum atomic E-state index is 12.7. The van der Waals surface area contributed by atoms with Crippen LogP contribution in [0.5, 0.6) is 5.75 Å². The van der Waals surface area contributed by atoms with Gasteiger partial charge in [0.1, 0.15) is 17.2 Å². The zero-order valence-electron chi connectivity index (χ0n) is 15.8. The van der Waals surface area contributed by atoms with E-state index in [-0.39, 0.29) is 22.8 Å². The number of anilines is 1. The minimum atomic E-state index is -4.48. The monoisotopic (exact) mass is 430 g/mol. The first-order valence-electron chi connectivity index (χ1n) is 8.66. The third-order valence-electron chi connectivity index (χ3n) is 3.98. The van der Waals surface area contributed by atoms with Crippen molar-refractivity contribution in [3.63, 3.8) is 0 Å². The molecular weight excluding hydrogens is 409 g/mol. The molecule has 0 aromatic heterocycles. The van der Waals surface area contributed by atoms with E-state index in [1.807, 2.05) is 6.92 Å². The molecule has 0 unspecified atom stereocenters. The lowest BCUT2D eigenvalue weighted by Crippen LogP contribution is -2.34. The zero-order valence-corrected chi connectivity index (χ0v) is 16.7. The summed E-state index contributed by atoms with van der Waals surface area (Å²) in [6.45, 7) is 0.498. The van der Waals surface area contributed by atoms with Crippen LogP contribution >= 0.6 is 0 Å². The number of benzene rings is 2. The number of aryl methyl sites for hydroxylation is 1. The summed E-state index contributed by atoms with van der Waals surface area (Å²) >= 11 is 0. The second-order valence-corrected chi connectivity index (χ2v) is 7.86. The third kappa shape index (κ3) is 6.67. The summed E-state index contributed by atoms with van der Waals surface area (Å²) in [7, 11) is -2.56. The van der Waals surface area contributed by atoms with Crippen LogP contribution in [0, 0.1) is 0 Å². The second-order valence-electron chi connectivity index (χ2n) is 6.21. The highest BCUT2D eigenvalue weighted by atomic mass is 32.2. The molecule has 2 aromatic rings. The number of hydrogen-bond donors (Lipinski definition) is 2. The fraction of sp³-hybridized carbons (Fsp3) is 0.316. The molecule has 1 amide bonds. The van der Waals surface area contributed by atoms with Crippen molar-refractivity contribution in [2.24, 2.45) is 0 Å². The molecule has 0 aliphatic heterocycles. The van der Waals surface area contributed by atoms with Crippen molar-refractivity contribution in [3.05, 3.63) is 53.6 Å². The molecule has 10 heteroatoms. The highest BCUT2D eigenvalue weighted by molar-refractivity contribution is 7.92. The first-order valence-corrected chi connectivity index (χ1v) is 10.1. The molecule has 2 rings (SSSR count). The SMILES string of the molecule is CCc1ccc(OC)c(S(=O)(=O)Nc2ccc(CC(=O)NCC(F)(F)F)cc2)c1. The number of ether oxygens (including phenoxy) is 1. The Balaban J connectivity index is 2.10. The zero-order chi connectivity index (χ0) is 21.7. The molecule has 0 fully saturated rings. The van der Waals surface area contributed by atoms with Crippen LogP contribution in [-0.2, 0) is 27.7 Å². The molecule has 2 aromatic carbocycles. The molecule has 0 saturated carbocycles. The van der Waals surface area contributed by atoms with Gasteiger partial charge in [-0.2, -0.15) is 13.2 Å². The van der Waals surface area contributed by atoms with E-state index in [0.717, 1.165) is 5.56 Å². The fourth-order valence-electron chi connectivity index (χ4n) is 2.50. The van der Waals surface area contributed by atoms with Crippen molar-refractivity contribution in [3.8, 4) is 5.75 Å². The van der Waals surface area contributed by atoms with Crippen LogP contribution in [0.3, 0.4) is 0 Å². The van der Waals surface area contributed by atoms with Crippen LogP contribution < -0.4 is 14.8 Å². The molecule has 0 bridgehead atoms. The van der Waals surface area contributed by atoms with E-state index < -0.39 is 28.7 Å². The number of carbonyl (C=O) groups excluding carboxylic acids is 1. The molecule has 2 N–H and O–H groups in total. The maximum absolute atomic E-state index is 12.7. The average Bonchev–Trinajstić information content (AvgIpc) is 2.66. The van der Waals surface area contributed by atoms with E-state index in [9.17, 15) is 26.4 Å². The van der Waals surface area contributed by atoms with Crippen molar-refractivity contribution in [1.82, 2.24) is 5.32 Å². The summed E-state index contributed by atoms with van der Waals surface area (Å²) in [5, 5.41) is 1.78. The Labute approximate surface area is 167 Å². The largest absolute Gasteiger partial charge is 0.495 e. The Bertz CT molecular complexity index is 958. The Kier molecular flexibility index (Phi) is 7.12. The van der Waals surface area contributed by atoms with Gasteiger partial charge in [0, 0.05) is 5.69 Å². The quantitative estimate of drug-likeness (QED) is 0.673. The van der Waals surface area contributed by atoms with Gasteiger partial charge in [-0.1, -0.05) is 25.1 Å². The number of hydrogen-bond acceptors (Lipinski definition) is 4. The Morgan fingerprint density at radius 3 is 2.24 bits per heavy atom. The van der Waals surface area contributed by atoms with Crippen molar-refractivity contribution in [1.29, 1.82) is 0 Å². The van der Waals surface area contributed by atoms with Gasteiger partial charge < -0.3 is 10.1 Å². The third-order valence-corrected chi connectivity index (χ3v) is 5.39. The van der Waals surface area contributed by atoms with E-state index in [1.54, 1.807) is 17.4 Å². The normalized spacial score (nSPS) is 11.8. The molecule has 0 heterocycles. The van der Waals surface area contributed by atoms with E-state index in [1.165, 1.54) is 37.4 Å². The summed E-state index contributed by atoms with van der Waals surface area (Å²) in [6, 6.07) is 10.7. The van der Waals surface area contributed by atoms with Gasteiger partial charge >= 0.3 is 6.18 Å². The lowest BCUT2D eigenvalue weighted by Gasteiger charge is -2.13. The summed E-state index contributed by atoms with van der Waals surface area (Å²) < 4.78 is 69.4. The molecule has 29 heavy (non-hydrogen) atoms. The Hall–Kier alpha value is -2.75. The van der Waals surface area contributed by atoms with Crippen molar-refractivity contribution in [2.75, 3.05) is 18.4 Å². The molecular formula is C19H21F3N2O4S. The Morgan fingerprint density at radius 1 is 1.07 bits per heavy atom. The van der Waals surface area contributed by atoms with Gasteiger partial charge in [0.2, 0.25) is 5.91 Å². The highest BCUT2D eigenvalue weighted by Gasteiger charge is 2.27. The summed E-state index contributed by atoms with van der Waals surface area (Å²) in [4.78, 5) is 11.5. The molecule has 158 valence electrons. The van der Waals surface area contributed by atoms with Gasteiger partial charge in [-0.25, -0.2) is 8.42 Å². The number of methoxy groups -OCH3 is 1. The van der Waals surface area contributed by atoms with E-state index in [4.69, 9.17) is 4.74 Å². The summed E-state index contributed by atoms with van der Waals surface area (Å²) in [6.07, 6.45) is -4.08. The molecule has 0 atom stereocenters. The number of carbonyl (C=O) groups is 1. The molecule has 6 nitrogen and oxygen atoms in total. The van der Waals surface area contributed by atoms with Crippen LogP contribution in [0.2, 0.25) is 0 Å². The van der Waals surface area contributed by atoms with Gasteiger partial charge in [0.25, 0.3) is 10.0 Å². The molecule has 0 aliphatic carbocycles. The Morgan fingerprint density at radius 2 is 1.69 bits per heavy atom. The number of halogens is 3. The van der Waals surface area contributed by atoms with Gasteiger partial charge in [-0.15, -0.1) is 0 Å². The fourth-order valence-corrected chi connectivity index (χ4v) is 3.78. The van der Waals surface area contributed by atoms with Gasteiger partial charge in [-0.05, 0) is 41.8 Å². The van der Waals surface area contributed by atoms with Crippen molar-refractivity contribution >= 4 is 21.6 Å². The second kappa shape index (κ2) is 9.17. The highest BCUT2D eigenvalue weighted by Crippen LogP contribution is 2.27. The molecule has 0 aliphatic rings. The summed E-state index contributed by atoms with van der Waals surface area (Å²) in [5.41, 5.74) is 1.51. The van der Waals surface area contributed by atoms with E-state index >= 15 is 0 Å². The maximum Gasteiger partial charge on any atom is 0.405 e. The topological polar surface area (TPSA) is 84.5 Å². The first-order chi connectivity index (χ1) is 13.5. The van der Waals surface area contributed by atoms with Crippen LogP contribution in [0.1, 0.15) is 18.1 Å². The van der Waals surface area contributed by atoms with E-state index in [2.05, 4.69) is 4.72 Å². The number of alkyl halides is 3. The first kappa shape index (κ1) is 22.5. The molecule has 0 saturated heterocycles. The lowest BCUT2D eigenvalue weighted by molar-refractivity contribution is -0.138. The minimum Gasteiger partial charge on any atom is -0.495 e. The van der Waals surface area contributed by atoms with Crippen LogP contribution in [0.4, 0.5) is 18.9 Å². The standard InChI is InChI=1S/C19H21F3N2O4S/c1-3-13-6-9-16(28-2)17(10-13)29(26,27)24-15-7-4-14(5-8-15)11-18(25)23-12-19(20,21)22/h4-10,24H,3,11-12H2,1-2H3,(H,23,25). The summed E-state index contributed by atoms with van der Waals surface area (Å²) in [5.74, 6) is -0.579. The van der Waals surface area contributed by atoms with Crippen LogP contribution in [0.25, 0.3) is 0 Å². The number of sulfonamides is 1. The van der Waals surface area contributed by atoms with Crippen molar-refractivity contribution < 1.29 is 31.1 Å². The van der Waals surface area contributed by atoms with Gasteiger partial charge in [0.05, 0.1) is 13.5 Å². The molecule has 0 spiro atoms. The number of amides is 1. The predicted octanol–water partition coefficient (Wildman–Crippen LogP) is 3.28. The smallest absolute Gasteiger partial charge is 0.405 e. The van der Waals surface area contributed by atoms with Crippen LogP contribution in [0.15, 0.2) is 47.4 Å². The van der Waals surface area contributed by atoms with Crippen molar-refractivity contribution in [2.45, 2.75) is 30.8 Å². The van der Waals surface area contributed by atoms with Crippen LogP contribution in [-0.4, -0.2) is 34.2 Å². The lowest BCUT2D eigenvalue weighted by atomic mass is 10.1. The minimum absolute atomic E-state index is 0.00467. The number of nitrogens with one attached hydrogen (secondary N) is 2. The molecule has 0 radical (unpaired) electrons. The number of rotatable bonds is 8. The van der Waals surface area contributed by atoms with Gasteiger partial charge in [0.15, 0.2) is 0 Å². The predicted molar refractivity (Wildman–Crippen MR) is 102 cm³/mol. The average molecular weight is 430 g/mol. The van der Waals surface area contributed by atoms with E-state index in [0.29, 0.717) is 12.0 Å².